The lowest BCUT2D eigenvalue weighted by Gasteiger charge is -2.50. The van der Waals surface area contributed by atoms with E-state index >= 15 is 0 Å². The van der Waals surface area contributed by atoms with E-state index < -0.39 is 71.3 Å². The zero-order valence-electron chi connectivity index (χ0n) is 42.3. The fourth-order valence-electron chi connectivity index (χ4n) is 14.9. The highest BCUT2D eigenvalue weighted by Gasteiger charge is 2.95. The molecule has 4 aromatic carbocycles. The van der Waals surface area contributed by atoms with Crippen LogP contribution in [0.25, 0.3) is 21.5 Å². The Balaban J connectivity index is 0.772. The normalized spacial score (nSPS) is 37.2. The standard InChI is InChI=1S/C56H56O20/c1-25-21-29-37(39(59)35-27(41(29)61-3)11-7-13-31(35)57)43-33(25)45-47-53(71-43,51(23-69-51)55(73-45,75-47)49-63-15-9-16-64-49)67-19-5-6-20-68-54-48-46(74-56(76-48,52(54)24-70-52)50-65-17-10-18-66-50)34-26(2)22-30-38(44(34)72-54)40(60)36-28(42(30)62-4)12-8-14-32(36)58/h5-6,21-22,45-50,59-60H,7-20,23-24H2,1-4H3/t45-,46-,47?,48?,51?,52?,53?,54?,55?,56?/m1/s1. The molecule has 2 spiro atoms. The molecule has 20 nitrogen and oxygen atoms in total. The van der Waals surface area contributed by atoms with Gasteiger partial charge in [0.1, 0.15) is 46.7 Å². The Hall–Kier alpha value is -5.20. The van der Waals surface area contributed by atoms with Crippen LogP contribution in [-0.2, 0) is 69.7 Å². The quantitative estimate of drug-likeness (QED) is 0.138. The van der Waals surface area contributed by atoms with Crippen molar-refractivity contribution in [2.24, 2.45) is 0 Å². The van der Waals surface area contributed by atoms with Gasteiger partial charge in [0.2, 0.25) is 23.8 Å². The summed E-state index contributed by atoms with van der Waals surface area (Å²) in [5.74, 6) is -5.79. The number of carbonyl (C=O) groups excluding carboxylic acids is 2. The number of aromatic hydroxyl groups is 2. The Morgan fingerprint density at radius 3 is 1.38 bits per heavy atom. The van der Waals surface area contributed by atoms with E-state index in [1.165, 1.54) is 0 Å². The molecule has 0 aromatic heterocycles. The van der Waals surface area contributed by atoms with Crippen molar-refractivity contribution in [3.05, 3.63) is 68.8 Å². The van der Waals surface area contributed by atoms with Crippen LogP contribution < -0.4 is 18.9 Å². The van der Waals surface area contributed by atoms with E-state index in [1.54, 1.807) is 26.4 Å². The molecule has 0 amide bonds. The lowest BCUT2D eigenvalue weighted by molar-refractivity contribution is -0.366. The Labute approximate surface area is 434 Å². The topological polar surface area (TPSA) is 229 Å². The Kier molecular flexibility index (Phi) is 9.72. The van der Waals surface area contributed by atoms with E-state index in [2.05, 4.69) is 0 Å². The highest BCUT2D eigenvalue weighted by Crippen LogP contribution is 2.74. The number of aryl methyl sites for hydroxylation is 2. The van der Waals surface area contributed by atoms with Crippen molar-refractivity contribution in [3.8, 4) is 34.5 Å². The molecule has 8 saturated heterocycles. The maximum Gasteiger partial charge on any atom is 0.277 e. The van der Waals surface area contributed by atoms with Crippen LogP contribution in [0.15, 0.2) is 24.3 Å². The number of methoxy groups -OCH3 is 2. The third kappa shape index (κ3) is 5.41. The minimum Gasteiger partial charge on any atom is -0.506 e. The number of fused-ring (bicyclic) bond motifs is 16. The van der Waals surface area contributed by atoms with Gasteiger partial charge in [0, 0.05) is 45.9 Å². The number of ether oxygens (including phenoxy) is 16. The number of phenols is 2. The molecule has 10 atom stereocenters. The summed E-state index contributed by atoms with van der Waals surface area (Å²) >= 11 is 0. The van der Waals surface area contributed by atoms with Crippen LogP contribution in [-0.4, -0.2) is 148 Å². The van der Waals surface area contributed by atoms with Crippen molar-refractivity contribution in [1.29, 1.82) is 0 Å². The van der Waals surface area contributed by atoms with Crippen LogP contribution in [0.1, 0.15) is 105 Å². The molecule has 16 rings (SSSR count). The van der Waals surface area contributed by atoms with E-state index in [4.69, 9.17) is 75.8 Å². The number of ketones is 2. The number of epoxide rings is 2. The van der Waals surface area contributed by atoms with Crippen molar-refractivity contribution in [1.82, 2.24) is 0 Å². The SMILES string of the molecule is COc1c2c(c(O)c3c4c(c(C)cc13)[C@H]1OC3(C5OCCCO5)OC1C(OCC=CCOC15Oc6c(c(C)cc7c(OC)c8c(c(O)c67)C(=O)CCC8)[C@H]6OC(C7OCCCO7)(OC61)C51CO1)(O4)C31CO1)C(=O)CCC2. The molecule has 2 aliphatic carbocycles. The number of rotatable bonds is 10. The number of Topliss-reactive ketones (excluding diaryl/α,β-unsaturated/α-hetero) is 2. The van der Waals surface area contributed by atoms with Gasteiger partial charge in [-0.1, -0.05) is 12.2 Å². The third-order valence-corrected chi connectivity index (χ3v) is 18.2. The summed E-state index contributed by atoms with van der Waals surface area (Å²) in [4.78, 5) is 27.2. The van der Waals surface area contributed by atoms with Gasteiger partial charge in [0.15, 0.2) is 23.8 Å². The van der Waals surface area contributed by atoms with Crippen molar-refractivity contribution >= 4 is 33.1 Å². The summed E-state index contributed by atoms with van der Waals surface area (Å²) in [5.41, 5.74) is 1.80. The monoisotopic (exact) mass is 1050 g/mol. The first-order valence-electron chi connectivity index (χ1n) is 26.5. The van der Waals surface area contributed by atoms with Crippen LogP contribution >= 0.6 is 0 Å². The van der Waals surface area contributed by atoms with Crippen LogP contribution in [0.4, 0.5) is 0 Å². The fraction of sp³-hybridized carbons (Fsp3) is 0.571. The van der Waals surface area contributed by atoms with Crippen LogP contribution in [0, 0.1) is 13.8 Å². The first kappa shape index (κ1) is 46.9. The molecule has 10 heterocycles. The van der Waals surface area contributed by atoms with Gasteiger partial charge in [-0.25, -0.2) is 0 Å². The molecule has 8 fully saturated rings. The van der Waals surface area contributed by atoms with E-state index in [-0.39, 0.29) is 85.0 Å². The Morgan fingerprint density at radius 1 is 0.592 bits per heavy atom. The predicted octanol–water partition coefficient (Wildman–Crippen LogP) is 5.94. The van der Waals surface area contributed by atoms with E-state index in [0.29, 0.717) is 120 Å². The second-order valence-corrected chi connectivity index (χ2v) is 21.9. The Morgan fingerprint density at radius 2 is 1.00 bits per heavy atom. The molecular formula is C56H56O20. The van der Waals surface area contributed by atoms with Crippen molar-refractivity contribution in [2.75, 3.05) is 67.1 Å². The number of benzene rings is 4. The first-order chi connectivity index (χ1) is 36.9. The summed E-state index contributed by atoms with van der Waals surface area (Å²) in [6.45, 7) is 5.57. The molecule has 4 aromatic rings. The number of hydrogen-bond acceptors (Lipinski definition) is 20. The molecule has 12 aliphatic rings. The summed E-state index contributed by atoms with van der Waals surface area (Å²) in [5, 5.41) is 26.2. The molecule has 20 heteroatoms. The van der Waals surface area contributed by atoms with Gasteiger partial charge >= 0.3 is 0 Å². The summed E-state index contributed by atoms with van der Waals surface area (Å²) in [7, 11) is 3.13. The van der Waals surface area contributed by atoms with Gasteiger partial charge in [0.05, 0.1) is 89.0 Å². The second-order valence-electron chi connectivity index (χ2n) is 21.9. The molecule has 8 unspecified atom stereocenters. The van der Waals surface area contributed by atoms with Crippen molar-refractivity contribution < 1.29 is 95.6 Å². The number of phenolic OH excluding ortho intramolecular Hbond substituents is 2. The van der Waals surface area contributed by atoms with Gasteiger partial charge in [-0.05, 0) is 75.6 Å². The predicted molar refractivity (Wildman–Crippen MR) is 257 cm³/mol. The lowest BCUT2D eigenvalue weighted by Crippen LogP contribution is -2.70. The van der Waals surface area contributed by atoms with Gasteiger partial charge in [-0.15, -0.1) is 0 Å². The minimum absolute atomic E-state index is 0.0693. The molecule has 0 radical (unpaired) electrons. The second kappa shape index (κ2) is 15.8. The van der Waals surface area contributed by atoms with Gasteiger partial charge in [-0.2, -0.15) is 0 Å². The van der Waals surface area contributed by atoms with E-state index in [1.807, 2.05) is 26.0 Å². The first-order valence-corrected chi connectivity index (χ1v) is 26.5. The maximum absolute atomic E-state index is 13.6. The largest absolute Gasteiger partial charge is 0.506 e. The van der Waals surface area contributed by atoms with Gasteiger partial charge in [0.25, 0.3) is 23.1 Å². The zero-order valence-corrected chi connectivity index (χ0v) is 42.3. The average Bonchev–Trinajstić information content (AvgIpc) is 4.44. The van der Waals surface area contributed by atoms with E-state index in [0.717, 1.165) is 11.1 Å². The molecule has 4 bridgehead atoms. The smallest absolute Gasteiger partial charge is 0.277 e. The third-order valence-electron chi connectivity index (χ3n) is 18.2. The number of carbonyl (C=O) groups is 2. The summed E-state index contributed by atoms with van der Waals surface area (Å²) < 4.78 is 106. The summed E-state index contributed by atoms with van der Waals surface area (Å²) in [6.07, 6.45) is 2.53. The fourth-order valence-corrected chi connectivity index (χ4v) is 14.9. The van der Waals surface area contributed by atoms with Crippen molar-refractivity contribution in [2.45, 2.75) is 137 Å². The minimum atomic E-state index is -1.70. The number of hydrogen-bond donors (Lipinski definition) is 2. The Bertz CT molecular complexity index is 3080. The van der Waals surface area contributed by atoms with Crippen molar-refractivity contribution in [3.63, 3.8) is 0 Å². The molecule has 0 saturated carbocycles. The lowest BCUT2D eigenvalue weighted by atomic mass is 9.78. The highest BCUT2D eigenvalue weighted by atomic mass is 16.9. The average molecular weight is 1050 g/mol. The van der Waals surface area contributed by atoms with Crippen LogP contribution in [0.5, 0.6) is 34.5 Å². The maximum atomic E-state index is 13.6. The van der Waals surface area contributed by atoms with Gasteiger partial charge < -0.3 is 86.0 Å². The zero-order chi connectivity index (χ0) is 51.5. The van der Waals surface area contributed by atoms with Crippen LogP contribution in [0.3, 0.4) is 0 Å². The van der Waals surface area contributed by atoms with Crippen LogP contribution in [0.2, 0.25) is 0 Å². The van der Waals surface area contributed by atoms with E-state index in [9.17, 15) is 19.8 Å². The molecule has 400 valence electrons. The molecule has 10 aliphatic heterocycles. The molecular weight excluding hydrogens is 993 g/mol. The van der Waals surface area contributed by atoms with Gasteiger partial charge in [-0.3, -0.25) is 9.59 Å². The highest BCUT2D eigenvalue weighted by molar-refractivity contribution is 6.13. The summed E-state index contributed by atoms with van der Waals surface area (Å²) in [6, 6.07) is 3.86. The molecule has 2 N–H and O–H groups in total. The molecule has 76 heavy (non-hydrogen) atoms.